The fourth-order valence-corrected chi connectivity index (χ4v) is 3.42. The van der Waals surface area contributed by atoms with Gasteiger partial charge in [0.2, 0.25) is 0 Å². The SMILES string of the molecule is O=C(c1cc(COc2ccccc2Cl)cs1)N1CCCC1. The quantitative estimate of drug-likeness (QED) is 0.844. The molecule has 110 valence electrons. The van der Waals surface area contributed by atoms with E-state index in [4.69, 9.17) is 16.3 Å². The number of hydrogen-bond donors (Lipinski definition) is 0. The molecule has 5 heteroatoms. The standard InChI is InChI=1S/C16H16ClNO2S/c17-13-5-1-2-6-14(13)20-10-12-9-15(21-11-12)16(19)18-7-3-4-8-18/h1-2,5-6,9,11H,3-4,7-8,10H2. The molecule has 2 heterocycles. The molecule has 0 aliphatic carbocycles. The van der Waals surface area contributed by atoms with E-state index in [2.05, 4.69) is 0 Å². The predicted octanol–water partition coefficient (Wildman–Crippen LogP) is 4.22. The van der Waals surface area contributed by atoms with Crippen molar-refractivity contribution in [2.24, 2.45) is 0 Å². The van der Waals surface area contributed by atoms with E-state index in [-0.39, 0.29) is 5.91 Å². The van der Waals surface area contributed by atoms with Crippen LogP contribution in [0.25, 0.3) is 0 Å². The molecule has 0 N–H and O–H groups in total. The van der Waals surface area contributed by atoms with Crippen molar-refractivity contribution in [3.63, 3.8) is 0 Å². The minimum absolute atomic E-state index is 0.140. The Balaban J connectivity index is 1.62. The smallest absolute Gasteiger partial charge is 0.263 e. The van der Waals surface area contributed by atoms with Crippen molar-refractivity contribution in [3.8, 4) is 5.75 Å². The molecule has 2 aromatic rings. The maximum absolute atomic E-state index is 12.3. The predicted molar refractivity (Wildman–Crippen MR) is 85.2 cm³/mol. The average molecular weight is 322 g/mol. The number of hydrogen-bond acceptors (Lipinski definition) is 3. The largest absolute Gasteiger partial charge is 0.487 e. The number of likely N-dealkylation sites (tertiary alicyclic amines) is 1. The lowest BCUT2D eigenvalue weighted by atomic mass is 10.3. The van der Waals surface area contributed by atoms with Gasteiger partial charge in [0, 0.05) is 18.7 Å². The number of thiophene rings is 1. The zero-order valence-electron chi connectivity index (χ0n) is 11.5. The van der Waals surface area contributed by atoms with Crippen molar-refractivity contribution in [2.75, 3.05) is 13.1 Å². The topological polar surface area (TPSA) is 29.5 Å². The Bertz CT molecular complexity index is 635. The van der Waals surface area contributed by atoms with Crippen molar-refractivity contribution in [3.05, 3.63) is 51.2 Å². The van der Waals surface area contributed by atoms with Crippen molar-refractivity contribution in [2.45, 2.75) is 19.4 Å². The van der Waals surface area contributed by atoms with Crippen molar-refractivity contribution >= 4 is 28.8 Å². The molecule has 0 saturated carbocycles. The molecule has 1 aromatic heterocycles. The van der Waals surface area contributed by atoms with Crippen LogP contribution in [0.5, 0.6) is 5.75 Å². The summed E-state index contributed by atoms with van der Waals surface area (Å²) < 4.78 is 5.69. The first-order chi connectivity index (χ1) is 10.2. The Kier molecular flexibility index (Phi) is 4.46. The molecule has 1 amide bonds. The van der Waals surface area contributed by atoms with E-state index in [0.29, 0.717) is 17.4 Å². The van der Waals surface area contributed by atoms with E-state index >= 15 is 0 Å². The second-order valence-corrected chi connectivity index (χ2v) is 6.36. The van der Waals surface area contributed by atoms with Crippen LogP contribution >= 0.6 is 22.9 Å². The lowest BCUT2D eigenvalue weighted by Gasteiger charge is -2.13. The summed E-state index contributed by atoms with van der Waals surface area (Å²) in [5.74, 6) is 0.805. The molecule has 0 spiro atoms. The van der Waals surface area contributed by atoms with Gasteiger partial charge in [-0.1, -0.05) is 23.7 Å². The third-order valence-electron chi connectivity index (χ3n) is 3.49. The molecule has 0 radical (unpaired) electrons. The highest BCUT2D eigenvalue weighted by Gasteiger charge is 2.20. The van der Waals surface area contributed by atoms with Crippen LogP contribution in [-0.2, 0) is 6.61 Å². The van der Waals surface area contributed by atoms with E-state index in [1.54, 1.807) is 6.07 Å². The number of benzene rings is 1. The lowest BCUT2D eigenvalue weighted by Crippen LogP contribution is -2.26. The fourth-order valence-electron chi connectivity index (χ4n) is 2.36. The van der Waals surface area contributed by atoms with E-state index in [1.165, 1.54) is 11.3 Å². The van der Waals surface area contributed by atoms with Gasteiger partial charge in [0.25, 0.3) is 5.91 Å². The summed E-state index contributed by atoms with van der Waals surface area (Å²) in [6.07, 6.45) is 2.22. The molecule has 3 rings (SSSR count). The normalized spacial score (nSPS) is 14.4. The van der Waals surface area contributed by atoms with Gasteiger partial charge < -0.3 is 9.64 Å². The molecule has 1 aliphatic heterocycles. The monoisotopic (exact) mass is 321 g/mol. The van der Waals surface area contributed by atoms with Gasteiger partial charge in [-0.05, 0) is 36.4 Å². The van der Waals surface area contributed by atoms with Crippen LogP contribution in [0.15, 0.2) is 35.7 Å². The molecule has 0 atom stereocenters. The second-order valence-electron chi connectivity index (χ2n) is 5.04. The highest BCUT2D eigenvalue weighted by Crippen LogP contribution is 2.25. The Labute approximate surface area is 133 Å². The Hall–Kier alpha value is -1.52. The zero-order valence-corrected chi connectivity index (χ0v) is 13.1. The Morgan fingerprint density at radius 2 is 2.05 bits per heavy atom. The molecule has 1 saturated heterocycles. The molecule has 1 fully saturated rings. The first-order valence-corrected chi connectivity index (χ1v) is 8.24. The van der Waals surface area contributed by atoms with Crippen LogP contribution in [0, 0.1) is 0 Å². The van der Waals surface area contributed by atoms with Crippen molar-refractivity contribution in [1.82, 2.24) is 4.90 Å². The third-order valence-corrected chi connectivity index (χ3v) is 4.77. The molecular formula is C16H16ClNO2S. The maximum atomic E-state index is 12.3. The molecule has 1 aliphatic rings. The van der Waals surface area contributed by atoms with Crippen molar-refractivity contribution in [1.29, 1.82) is 0 Å². The molecular weight excluding hydrogens is 306 g/mol. The first kappa shape index (κ1) is 14.4. The number of carbonyl (C=O) groups excluding carboxylic acids is 1. The summed E-state index contributed by atoms with van der Waals surface area (Å²) in [5, 5.41) is 2.57. The number of carbonyl (C=O) groups is 1. The highest BCUT2D eigenvalue weighted by atomic mass is 35.5. The van der Waals surface area contributed by atoms with Crippen LogP contribution in [0.3, 0.4) is 0 Å². The summed E-state index contributed by atoms with van der Waals surface area (Å²) in [6, 6.07) is 9.31. The van der Waals surface area contributed by atoms with Crippen LogP contribution in [0.4, 0.5) is 0 Å². The summed E-state index contributed by atoms with van der Waals surface area (Å²) >= 11 is 7.53. The molecule has 3 nitrogen and oxygen atoms in total. The van der Waals surface area contributed by atoms with E-state index in [9.17, 15) is 4.79 Å². The minimum Gasteiger partial charge on any atom is -0.487 e. The fraction of sp³-hybridized carbons (Fsp3) is 0.312. The maximum Gasteiger partial charge on any atom is 0.263 e. The van der Waals surface area contributed by atoms with Gasteiger partial charge in [0.1, 0.15) is 12.4 Å². The summed E-state index contributed by atoms with van der Waals surface area (Å²) in [4.78, 5) is 15.0. The number of nitrogens with zero attached hydrogens (tertiary/aromatic N) is 1. The molecule has 21 heavy (non-hydrogen) atoms. The molecule has 1 aromatic carbocycles. The van der Waals surface area contributed by atoms with Crippen LogP contribution < -0.4 is 4.74 Å². The van der Waals surface area contributed by atoms with Gasteiger partial charge in [0.15, 0.2) is 0 Å². The third kappa shape index (κ3) is 3.39. The second kappa shape index (κ2) is 6.50. The number of ether oxygens (including phenoxy) is 1. The van der Waals surface area contributed by atoms with Crippen LogP contribution in [-0.4, -0.2) is 23.9 Å². The van der Waals surface area contributed by atoms with Gasteiger partial charge in [0.05, 0.1) is 9.90 Å². The number of para-hydroxylation sites is 1. The Morgan fingerprint density at radius 1 is 1.29 bits per heavy atom. The minimum atomic E-state index is 0.140. The van der Waals surface area contributed by atoms with Gasteiger partial charge in [-0.3, -0.25) is 4.79 Å². The Morgan fingerprint density at radius 3 is 2.81 bits per heavy atom. The van der Waals surface area contributed by atoms with Gasteiger partial charge >= 0.3 is 0 Å². The van der Waals surface area contributed by atoms with Gasteiger partial charge in [-0.15, -0.1) is 11.3 Å². The van der Waals surface area contributed by atoms with E-state index in [1.807, 2.05) is 34.5 Å². The summed E-state index contributed by atoms with van der Waals surface area (Å²) in [6.45, 7) is 2.18. The van der Waals surface area contributed by atoms with E-state index < -0.39 is 0 Å². The molecule has 0 bridgehead atoms. The van der Waals surface area contributed by atoms with E-state index in [0.717, 1.165) is 36.4 Å². The lowest BCUT2D eigenvalue weighted by molar-refractivity contribution is 0.0797. The molecule has 0 unspecified atom stereocenters. The summed E-state index contributed by atoms with van der Waals surface area (Å²) in [7, 11) is 0. The number of amides is 1. The van der Waals surface area contributed by atoms with Gasteiger partial charge in [-0.25, -0.2) is 0 Å². The van der Waals surface area contributed by atoms with Crippen LogP contribution in [0.1, 0.15) is 28.1 Å². The van der Waals surface area contributed by atoms with Crippen molar-refractivity contribution < 1.29 is 9.53 Å². The summed E-state index contributed by atoms with van der Waals surface area (Å²) in [5.41, 5.74) is 1.00. The number of rotatable bonds is 4. The first-order valence-electron chi connectivity index (χ1n) is 6.98. The van der Waals surface area contributed by atoms with Crippen LogP contribution in [0.2, 0.25) is 5.02 Å². The average Bonchev–Trinajstić information content (AvgIpc) is 3.17. The number of halogens is 1. The van der Waals surface area contributed by atoms with Gasteiger partial charge in [-0.2, -0.15) is 0 Å². The highest BCUT2D eigenvalue weighted by molar-refractivity contribution is 7.12. The zero-order chi connectivity index (χ0) is 14.7.